The molecule has 2 saturated heterocycles. The van der Waals surface area contributed by atoms with E-state index in [2.05, 4.69) is 0 Å². The number of hydrogen-bond acceptors (Lipinski definition) is 4. The first kappa shape index (κ1) is 18.8. The molecule has 0 saturated carbocycles. The van der Waals surface area contributed by atoms with Gasteiger partial charge in [0.25, 0.3) is 5.91 Å². The largest absolute Gasteiger partial charge is 0.335 e. The third-order valence-corrected chi connectivity index (χ3v) is 6.47. The Morgan fingerprint density at radius 3 is 2.19 bits per heavy atom. The first-order valence-electron chi connectivity index (χ1n) is 8.88. The summed E-state index contributed by atoms with van der Waals surface area (Å²) in [4.78, 5) is 28.9. The van der Waals surface area contributed by atoms with E-state index in [1.807, 2.05) is 11.8 Å². The predicted molar refractivity (Wildman–Crippen MR) is 97.1 cm³/mol. The Morgan fingerprint density at radius 2 is 1.69 bits per heavy atom. The van der Waals surface area contributed by atoms with E-state index < -0.39 is 10.0 Å². The van der Waals surface area contributed by atoms with E-state index >= 15 is 0 Å². The summed E-state index contributed by atoms with van der Waals surface area (Å²) in [5, 5.41) is 5.28. The average molecular weight is 379 g/mol. The number of rotatable bonds is 3. The zero-order valence-corrected chi connectivity index (χ0v) is 16.2. The van der Waals surface area contributed by atoms with Gasteiger partial charge in [-0.1, -0.05) is 13.0 Å². The molecule has 142 valence electrons. The molecule has 2 atom stereocenters. The maximum Gasteiger partial charge on any atom is 0.254 e. The Hall–Kier alpha value is -1.93. The molecule has 1 aromatic carbocycles. The lowest BCUT2D eigenvalue weighted by atomic mass is 10.0. The van der Waals surface area contributed by atoms with Gasteiger partial charge < -0.3 is 9.80 Å². The molecule has 26 heavy (non-hydrogen) atoms. The average Bonchev–Trinajstić information content (AvgIpc) is 2.82. The number of likely N-dealkylation sites (tertiary alicyclic amines) is 1. The number of hydrogen-bond donors (Lipinski definition) is 1. The van der Waals surface area contributed by atoms with Gasteiger partial charge in [0.15, 0.2) is 0 Å². The number of fused-ring (bicyclic) bond motifs is 2. The second-order valence-corrected chi connectivity index (χ2v) is 8.76. The number of amides is 2. The molecule has 3 rings (SSSR count). The van der Waals surface area contributed by atoms with Gasteiger partial charge in [-0.25, -0.2) is 13.6 Å². The second kappa shape index (κ2) is 6.66. The van der Waals surface area contributed by atoms with E-state index in [1.165, 1.54) is 6.07 Å². The molecule has 0 radical (unpaired) electrons. The summed E-state index contributed by atoms with van der Waals surface area (Å²) >= 11 is 0. The van der Waals surface area contributed by atoms with Crippen molar-refractivity contribution in [3.63, 3.8) is 0 Å². The Bertz CT molecular complexity index is 851. The Kier molecular flexibility index (Phi) is 4.83. The van der Waals surface area contributed by atoms with Crippen LogP contribution in [-0.2, 0) is 14.8 Å². The zero-order chi connectivity index (χ0) is 19.2. The molecule has 0 spiro atoms. The first-order chi connectivity index (χ1) is 12.1. The Balaban J connectivity index is 1.89. The van der Waals surface area contributed by atoms with E-state index in [-0.39, 0.29) is 28.8 Å². The van der Waals surface area contributed by atoms with Crippen LogP contribution in [0.15, 0.2) is 17.0 Å². The minimum Gasteiger partial charge on any atom is -0.335 e. The second-order valence-electron chi connectivity index (χ2n) is 7.23. The number of piperazine rings is 1. The van der Waals surface area contributed by atoms with Gasteiger partial charge in [0.1, 0.15) is 0 Å². The number of aryl methyl sites for hydroxylation is 2. The van der Waals surface area contributed by atoms with Crippen molar-refractivity contribution in [1.82, 2.24) is 9.80 Å². The van der Waals surface area contributed by atoms with Gasteiger partial charge in [-0.05, 0) is 43.9 Å². The van der Waals surface area contributed by atoms with Crippen LogP contribution in [0.4, 0.5) is 0 Å². The molecular weight excluding hydrogens is 354 g/mol. The quantitative estimate of drug-likeness (QED) is 0.852. The van der Waals surface area contributed by atoms with Crippen LogP contribution in [0.2, 0.25) is 0 Å². The van der Waals surface area contributed by atoms with E-state index in [4.69, 9.17) is 5.14 Å². The molecule has 2 bridgehead atoms. The highest BCUT2D eigenvalue weighted by Crippen LogP contribution is 2.32. The lowest BCUT2D eigenvalue weighted by molar-refractivity contribution is -0.136. The van der Waals surface area contributed by atoms with E-state index in [0.29, 0.717) is 30.6 Å². The van der Waals surface area contributed by atoms with Crippen LogP contribution in [0.3, 0.4) is 0 Å². The summed E-state index contributed by atoms with van der Waals surface area (Å²) in [5.74, 6) is -0.0690. The van der Waals surface area contributed by atoms with Gasteiger partial charge in [0.05, 0.1) is 4.90 Å². The van der Waals surface area contributed by atoms with Crippen LogP contribution < -0.4 is 5.14 Å². The van der Waals surface area contributed by atoms with Gasteiger partial charge in [-0.3, -0.25) is 9.59 Å². The van der Waals surface area contributed by atoms with Crippen molar-refractivity contribution in [3.8, 4) is 0 Å². The standard InChI is InChI=1S/C18H25N3O4S/c1-4-17(22)21-13-5-6-14(21)10-20(9-13)18(23)15-8-16(26(19,24)25)12(3)7-11(15)2/h7-8,13-14H,4-6,9-10H2,1-3H3,(H2,19,24,25)/t13-,14+. The fourth-order valence-corrected chi connectivity index (χ4v) is 4.99. The lowest BCUT2D eigenvalue weighted by Crippen LogP contribution is -2.57. The lowest BCUT2D eigenvalue weighted by Gasteiger charge is -2.41. The van der Waals surface area contributed by atoms with Crippen LogP contribution in [0.25, 0.3) is 0 Å². The number of nitrogens with two attached hydrogens (primary N) is 1. The third kappa shape index (κ3) is 3.23. The highest BCUT2D eigenvalue weighted by molar-refractivity contribution is 7.89. The van der Waals surface area contributed by atoms with Gasteiger partial charge in [-0.15, -0.1) is 0 Å². The highest BCUT2D eigenvalue weighted by atomic mass is 32.2. The summed E-state index contributed by atoms with van der Waals surface area (Å²) in [6, 6.07) is 3.16. The molecule has 2 aliphatic rings. The molecule has 7 nitrogen and oxygen atoms in total. The maximum atomic E-state index is 13.1. The fourth-order valence-electron chi connectivity index (χ4n) is 4.20. The number of carbonyl (C=O) groups excluding carboxylic acids is 2. The monoisotopic (exact) mass is 379 g/mol. The van der Waals surface area contributed by atoms with Crippen LogP contribution >= 0.6 is 0 Å². The number of primary sulfonamides is 1. The highest BCUT2D eigenvalue weighted by Gasteiger charge is 2.43. The van der Waals surface area contributed by atoms with E-state index in [1.54, 1.807) is 24.8 Å². The smallest absolute Gasteiger partial charge is 0.254 e. The summed E-state index contributed by atoms with van der Waals surface area (Å²) in [5.41, 5.74) is 1.61. The molecule has 8 heteroatoms. The molecule has 2 N–H and O–H groups in total. The van der Waals surface area contributed by atoms with Gasteiger partial charge >= 0.3 is 0 Å². The molecule has 0 unspecified atom stereocenters. The van der Waals surface area contributed by atoms with Crippen molar-refractivity contribution < 1.29 is 18.0 Å². The molecule has 2 amide bonds. The SMILES string of the molecule is CCC(=O)N1[C@@H]2CC[C@H]1CN(C(=O)c1cc(S(N)(=O)=O)c(C)cc1C)C2. The number of sulfonamides is 1. The molecule has 2 heterocycles. The predicted octanol–water partition coefficient (Wildman–Crippen LogP) is 1.18. The number of benzene rings is 1. The molecule has 1 aromatic rings. The fraction of sp³-hybridized carbons (Fsp3) is 0.556. The molecular formula is C18H25N3O4S. The van der Waals surface area contributed by atoms with Crippen molar-refractivity contribution in [1.29, 1.82) is 0 Å². The van der Waals surface area contributed by atoms with Gasteiger partial charge in [-0.2, -0.15) is 0 Å². The first-order valence-corrected chi connectivity index (χ1v) is 10.4. The minimum absolute atomic E-state index is 0.0192. The van der Waals surface area contributed by atoms with Crippen molar-refractivity contribution in [2.75, 3.05) is 13.1 Å². The van der Waals surface area contributed by atoms with Gasteiger partial charge in [0, 0.05) is 37.2 Å². The number of nitrogens with zero attached hydrogens (tertiary/aromatic N) is 2. The van der Waals surface area contributed by atoms with Gasteiger partial charge in [0.2, 0.25) is 15.9 Å². The normalized spacial score (nSPS) is 22.6. The number of carbonyl (C=O) groups is 2. The molecule has 0 aliphatic carbocycles. The molecule has 2 aliphatic heterocycles. The van der Waals surface area contributed by atoms with Crippen molar-refractivity contribution in [3.05, 3.63) is 28.8 Å². The Labute approximate surface area is 154 Å². The summed E-state index contributed by atoms with van der Waals surface area (Å²) < 4.78 is 23.6. The van der Waals surface area contributed by atoms with Crippen molar-refractivity contribution >= 4 is 21.8 Å². The van der Waals surface area contributed by atoms with Crippen LogP contribution in [0.5, 0.6) is 0 Å². The van der Waals surface area contributed by atoms with E-state index in [9.17, 15) is 18.0 Å². The van der Waals surface area contributed by atoms with Crippen LogP contribution in [0.1, 0.15) is 47.7 Å². The molecule has 2 fully saturated rings. The minimum atomic E-state index is -3.89. The third-order valence-electron chi connectivity index (χ3n) is 5.42. The van der Waals surface area contributed by atoms with Crippen LogP contribution in [-0.4, -0.2) is 55.2 Å². The van der Waals surface area contributed by atoms with Crippen LogP contribution in [0, 0.1) is 13.8 Å². The maximum absolute atomic E-state index is 13.1. The Morgan fingerprint density at radius 1 is 1.12 bits per heavy atom. The molecule has 0 aromatic heterocycles. The zero-order valence-electron chi connectivity index (χ0n) is 15.4. The van der Waals surface area contributed by atoms with Crippen molar-refractivity contribution in [2.24, 2.45) is 5.14 Å². The van der Waals surface area contributed by atoms with Crippen molar-refractivity contribution in [2.45, 2.75) is 57.0 Å². The van der Waals surface area contributed by atoms with E-state index in [0.717, 1.165) is 18.4 Å². The summed E-state index contributed by atoms with van der Waals surface area (Å²) in [7, 11) is -3.89. The summed E-state index contributed by atoms with van der Waals surface area (Å²) in [6.07, 6.45) is 2.26. The topological polar surface area (TPSA) is 101 Å². The summed E-state index contributed by atoms with van der Waals surface area (Å²) in [6.45, 7) is 6.27.